The number of aromatic nitrogens is 1. The summed E-state index contributed by atoms with van der Waals surface area (Å²) < 4.78 is 10.1. The molecule has 1 amide bonds. The summed E-state index contributed by atoms with van der Waals surface area (Å²) in [5.74, 6) is 1.29. The normalized spacial score (nSPS) is 10.2. The van der Waals surface area contributed by atoms with Gasteiger partial charge in [0.25, 0.3) is 5.91 Å². The fourth-order valence-corrected chi connectivity index (χ4v) is 1.97. The SMILES string of the molecule is COCCCNC(=O)c1ccc(Nc2cccc(OC)c2)nc1. The second-order valence-corrected chi connectivity index (χ2v) is 4.89. The van der Waals surface area contributed by atoms with E-state index in [1.54, 1.807) is 32.5 Å². The Bertz CT molecular complexity index is 629. The largest absolute Gasteiger partial charge is 0.497 e. The predicted molar refractivity (Wildman–Crippen MR) is 89.3 cm³/mol. The Morgan fingerprint density at radius 3 is 2.78 bits per heavy atom. The van der Waals surface area contributed by atoms with E-state index in [1.807, 2.05) is 24.3 Å². The fraction of sp³-hybridized carbons (Fsp3) is 0.294. The number of hydrogen-bond donors (Lipinski definition) is 2. The van der Waals surface area contributed by atoms with E-state index in [0.29, 0.717) is 24.5 Å². The van der Waals surface area contributed by atoms with Gasteiger partial charge in [-0.3, -0.25) is 4.79 Å². The van der Waals surface area contributed by atoms with E-state index in [9.17, 15) is 4.79 Å². The van der Waals surface area contributed by atoms with Crippen LogP contribution in [0.25, 0.3) is 0 Å². The predicted octanol–water partition coefficient (Wildman–Crippen LogP) is 2.60. The minimum absolute atomic E-state index is 0.137. The van der Waals surface area contributed by atoms with Crippen molar-refractivity contribution < 1.29 is 14.3 Å². The molecule has 0 fully saturated rings. The number of anilines is 2. The smallest absolute Gasteiger partial charge is 0.252 e. The number of amides is 1. The van der Waals surface area contributed by atoms with Gasteiger partial charge in [0.05, 0.1) is 12.7 Å². The van der Waals surface area contributed by atoms with Crippen molar-refractivity contribution >= 4 is 17.4 Å². The molecule has 2 rings (SSSR count). The summed E-state index contributed by atoms with van der Waals surface area (Å²) in [5.41, 5.74) is 1.40. The lowest BCUT2D eigenvalue weighted by molar-refractivity contribution is 0.0948. The second kappa shape index (κ2) is 8.75. The van der Waals surface area contributed by atoms with Crippen LogP contribution in [0.5, 0.6) is 5.75 Å². The van der Waals surface area contributed by atoms with Gasteiger partial charge in [-0.15, -0.1) is 0 Å². The maximum Gasteiger partial charge on any atom is 0.252 e. The highest BCUT2D eigenvalue weighted by Crippen LogP contribution is 2.20. The lowest BCUT2D eigenvalue weighted by Gasteiger charge is -2.08. The third kappa shape index (κ3) is 5.27. The molecule has 0 aliphatic carbocycles. The Morgan fingerprint density at radius 2 is 2.09 bits per heavy atom. The first-order chi connectivity index (χ1) is 11.2. The Hall–Kier alpha value is -2.60. The van der Waals surface area contributed by atoms with E-state index >= 15 is 0 Å². The molecule has 0 unspecified atom stereocenters. The summed E-state index contributed by atoms with van der Waals surface area (Å²) in [5, 5.41) is 5.99. The molecule has 0 radical (unpaired) electrons. The minimum atomic E-state index is -0.137. The van der Waals surface area contributed by atoms with Crippen LogP contribution < -0.4 is 15.4 Å². The number of hydrogen-bond acceptors (Lipinski definition) is 5. The van der Waals surface area contributed by atoms with Gasteiger partial charge in [-0.2, -0.15) is 0 Å². The van der Waals surface area contributed by atoms with Gasteiger partial charge in [0, 0.05) is 38.2 Å². The van der Waals surface area contributed by atoms with E-state index in [2.05, 4.69) is 15.6 Å². The van der Waals surface area contributed by atoms with Gasteiger partial charge in [0.15, 0.2) is 0 Å². The van der Waals surface area contributed by atoms with E-state index in [-0.39, 0.29) is 5.91 Å². The van der Waals surface area contributed by atoms with Crippen molar-refractivity contribution in [2.45, 2.75) is 6.42 Å². The lowest BCUT2D eigenvalue weighted by Crippen LogP contribution is -2.25. The number of benzene rings is 1. The van der Waals surface area contributed by atoms with Gasteiger partial charge >= 0.3 is 0 Å². The van der Waals surface area contributed by atoms with Crippen molar-refractivity contribution in [1.82, 2.24) is 10.3 Å². The number of nitrogens with zero attached hydrogens (tertiary/aromatic N) is 1. The standard InChI is InChI=1S/C17H21N3O3/c1-22-10-4-9-18-17(21)13-7-8-16(19-12-13)20-14-5-3-6-15(11-14)23-2/h3,5-8,11-12H,4,9-10H2,1-2H3,(H,18,21)(H,19,20). The van der Waals surface area contributed by atoms with E-state index in [0.717, 1.165) is 17.9 Å². The van der Waals surface area contributed by atoms with Crippen LogP contribution in [0.2, 0.25) is 0 Å². The molecule has 1 aromatic carbocycles. The Balaban J connectivity index is 1.92. The van der Waals surface area contributed by atoms with Crippen molar-refractivity contribution in [3.05, 3.63) is 48.2 Å². The van der Waals surface area contributed by atoms with Crippen molar-refractivity contribution in [3.63, 3.8) is 0 Å². The van der Waals surface area contributed by atoms with Crippen LogP contribution >= 0.6 is 0 Å². The first kappa shape index (κ1) is 16.8. The number of rotatable bonds is 8. The molecular formula is C17H21N3O3. The van der Waals surface area contributed by atoms with Gasteiger partial charge in [0.1, 0.15) is 11.6 Å². The lowest BCUT2D eigenvalue weighted by atomic mass is 10.2. The zero-order valence-corrected chi connectivity index (χ0v) is 13.3. The van der Waals surface area contributed by atoms with Crippen molar-refractivity contribution in [2.75, 3.05) is 32.7 Å². The molecule has 2 aromatic rings. The Morgan fingerprint density at radius 1 is 1.22 bits per heavy atom. The monoisotopic (exact) mass is 315 g/mol. The van der Waals surface area contributed by atoms with Gasteiger partial charge in [-0.05, 0) is 30.7 Å². The molecular weight excluding hydrogens is 294 g/mol. The summed E-state index contributed by atoms with van der Waals surface area (Å²) in [6.45, 7) is 1.21. The number of ether oxygens (including phenoxy) is 2. The molecule has 0 saturated carbocycles. The fourth-order valence-electron chi connectivity index (χ4n) is 1.97. The molecule has 1 aromatic heterocycles. The van der Waals surface area contributed by atoms with E-state index in [1.165, 1.54) is 0 Å². The van der Waals surface area contributed by atoms with Gasteiger partial charge in [-0.1, -0.05) is 6.07 Å². The highest BCUT2D eigenvalue weighted by atomic mass is 16.5. The quantitative estimate of drug-likeness (QED) is 0.733. The molecule has 122 valence electrons. The molecule has 0 aliphatic heterocycles. The summed E-state index contributed by atoms with van der Waals surface area (Å²) in [6, 6.07) is 11.1. The maximum absolute atomic E-state index is 11.9. The van der Waals surface area contributed by atoms with Gasteiger partial charge < -0.3 is 20.1 Å². The average molecular weight is 315 g/mol. The first-order valence-electron chi connectivity index (χ1n) is 7.37. The third-order valence-electron chi connectivity index (χ3n) is 3.18. The van der Waals surface area contributed by atoms with Crippen LogP contribution in [0.15, 0.2) is 42.6 Å². The Labute approximate surface area is 135 Å². The molecule has 0 aliphatic rings. The zero-order chi connectivity index (χ0) is 16.5. The van der Waals surface area contributed by atoms with Crippen LogP contribution in [-0.2, 0) is 4.74 Å². The van der Waals surface area contributed by atoms with Crippen LogP contribution in [-0.4, -0.2) is 38.3 Å². The minimum Gasteiger partial charge on any atom is -0.497 e. The van der Waals surface area contributed by atoms with E-state index < -0.39 is 0 Å². The number of methoxy groups -OCH3 is 2. The second-order valence-electron chi connectivity index (χ2n) is 4.89. The first-order valence-corrected chi connectivity index (χ1v) is 7.37. The molecule has 6 heteroatoms. The van der Waals surface area contributed by atoms with Gasteiger partial charge in [0.2, 0.25) is 0 Å². The van der Waals surface area contributed by atoms with Crippen LogP contribution in [0.1, 0.15) is 16.8 Å². The van der Waals surface area contributed by atoms with Crippen LogP contribution in [0.4, 0.5) is 11.5 Å². The number of carbonyl (C=O) groups is 1. The average Bonchev–Trinajstić information content (AvgIpc) is 2.59. The van der Waals surface area contributed by atoms with Crippen molar-refractivity contribution in [3.8, 4) is 5.75 Å². The summed E-state index contributed by atoms with van der Waals surface area (Å²) >= 11 is 0. The number of carbonyl (C=O) groups excluding carboxylic acids is 1. The maximum atomic E-state index is 11.9. The van der Waals surface area contributed by atoms with Gasteiger partial charge in [-0.25, -0.2) is 4.98 Å². The van der Waals surface area contributed by atoms with Crippen molar-refractivity contribution in [2.24, 2.45) is 0 Å². The summed E-state index contributed by atoms with van der Waals surface area (Å²) in [6.07, 6.45) is 2.33. The number of nitrogens with one attached hydrogen (secondary N) is 2. The third-order valence-corrected chi connectivity index (χ3v) is 3.18. The Kier molecular flexibility index (Phi) is 6.38. The molecule has 23 heavy (non-hydrogen) atoms. The molecule has 6 nitrogen and oxygen atoms in total. The molecule has 0 bridgehead atoms. The molecule has 0 saturated heterocycles. The zero-order valence-electron chi connectivity index (χ0n) is 13.3. The molecule has 1 heterocycles. The highest BCUT2D eigenvalue weighted by molar-refractivity contribution is 5.94. The molecule has 2 N–H and O–H groups in total. The number of pyridine rings is 1. The van der Waals surface area contributed by atoms with Crippen LogP contribution in [0.3, 0.4) is 0 Å². The highest BCUT2D eigenvalue weighted by Gasteiger charge is 2.05. The summed E-state index contributed by atoms with van der Waals surface area (Å²) in [7, 11) is 3.26. The van der Waals surface area contributed by atoms with Crippen molar-refractivity contribution in [1.29, 1.82) is 0 Å². The molecule has 0 spiro atoms. The van der Waals surface area contributed by atoms with Crippen LogP contribution in [0, 0.1) is 0 Å². The topological polar surface area (TPSA) is 72.5 Å². The molecule has 0 atom stereocenters. The summed E-state index contributed by atoms with van der Waals surface area (Å²) in [4.78, 5) is 16.2. The van der Waals surface area contributed by atoms with E-state index in [4.69, 9.17) is 9.47 Å².